The van der Waals surface area contributed by atoms with Crippen LogP contribution in [-0.2, 0) is 19.1 Å². The number of para-hydroxylation sites is 1. The first-order valence-electron chi connectivity index (χ1n) is 14.0. The normalized spacial score (nSPS) is 21.4. The number of hydrogen-bond acceptors (Lipinski definition) is 5. The summed E-state index contributed by atoms with van der Waals surface area (Å²) in [6, 6.07) is 12.8. The van der Waals surface area contributed by atoms with Crippen LogP contribution in [0.2, 0.25) is 0 Å². The SMILES string of the molecule is CC(NC(=O)C(CC(=O)N1CCC[C@H]1c1ccccc1)NC(=O)C1CC2(COC2)C1)c1nc2c(F)cccc2[nH]1. The molecule has 40 heavy (non-hydrogen) atoms. The van der Waals surface area contributed by atoms with Gasteiger partial charge in [-0.05, 0) is 50.3 Å². The summed E-state index contributed by atoms with van der Waals surface area (Å²) in [5.41, 5.74) is 1.88. The molecule has 2 saturated heterocycles. The van der Waals surface area contributed by atoms with Gasteiger partial charge in [0.05, 0.1) is 37.2 Å². The van der Waals surface area contributed by atoms with Crippen LogP contribution in [0.3, 0.4) is 0 Å². The predicted octanol–water partition coefficient (Wildman–Crippen LogP) is 3.54. The number of aromatic amines is 1. The van der Waals surface area contributed by atoms with Crippen molar-refractivity contribution in [2.45, 2.75) is 57.2 Å². The van der Waals surface area contributed by atoms with Crippen LogP contribution in [0.25, 0.3) is 11.0 Å². The number of nitrogens with one attached hydrogen (secondary N) is 3. The lowest BCUT2D eigenvalue weighted by molar-refractivity contribution is -0.184. The number of imidazole rings is 1. The molecule has 10 heteroatoms. The highest BCUT2D eigenvalue weighted by atomic mass is 19.1. The molecule has 3 atom stereocenters. The molecule has 1 aliphatic carbocycles. The lowest BCUT2D eigenvalue weighted by Gasteiger charge is -2.52. The molecule has 3 aliphatic rings. The first kappa shape index (κ1) is 26.4. The number of carbonyl (C=O) groups excluding carboxylic acids is 3. The second-order valence-corrected chi connectivity index (χ2v) is 11.5. The third-order valence-electron chi connectivity index (χ3n) is 8.57. The van der Waals surface area contributed by atoms with Gasteiger partial charge in [-0.3, -0.25) is 14.4 Å². The van der Waals surface area contributed by atoms with Gasteiger partial charge in [-0.15, -0.1) is 0 Å². The third-order valence-corrected chi connectivity index (χ3v) is 8.57. The number of amides is 3. The van der Waals surface area contributed by atoms with Crippen LogP contribution in [0, 0.1) is 17.2 Å². The van der Waals surface area contributed by atoms with Crippen molar-refractivity contribution in [1.82, 2.24) is 25.5 Å². The van der Waals surface area contributed by atoms with Crippen LogP contribution >= 0.6 is 0 Å². The van der Waals surface area contributed by atoms with Gasteiger partial charge in [-0.1, -0.05) is 36.4 Å². The molecule has 3 heterocycles. The van der Waals surface area contributed by atoms with E-state index in [1.165, 1.54) is 6.07 Å². The minimum absolute atomic E-state index is 0.0532. The molecule has 210 valence electrons. The maximum Gasteiger partial charge on any atom is 0.243 e. The van der Waals surface area contributed by atoms with Crippen LogP contribution in [0.15, 0.2) is 48.5 Å². The lowest BCUT2D eigenvalue weighted by atomic mass is 9.60. The zero-order valence-electron chi connectivity index (χ0n) is 22.5. The van der Waals surface area contributed by atoms with E-state index in [0.717, 1.165) is 31.2 Å². The second-order valence-electron chi connectivity index (χ2n) is 11.5. The van der Waals surface area contributed by atoms with E-state index < -0.39 is 23.8 Å². The zero-order valence-corrected chi connectivity index (χ0v) is 22.5. The number of ether oxygens (including phenoxy) is 1. The molecule has 2 aliphatic heterocycles. The summed E-state index contributed by atoms with van der Waals surface area (Å²) in [7, 11) is 0. The summed E-state index contributed by atoms with van der Waals surface area (Å²) in [5, 5.41) is 5.75. The molecule has 1 saturated carbocycles. The van der Waals surface area contributed by atoms with Gasteiger partial charge in [0.25, 0.3) is 0 Å². The Hall–Kier alpha value is -3.79. The highest BCUT2D eigenvalue weighted by Gasteiger charge is 2.52. The Kier molecular flexibility index (Phi) is 7.04. The summed E-state index contributed by atoms with van der Waals surface area (Å²) in [5.74, 6) is -1.14. The van der Waals surface area contributed by atoms with Crippen LogP contribution in [0.1, 0.15) is 62.5 Å². The van der Waals surface area contributed by atoms with Gasteiger partial charge in [0.2, 0.25) is 17.7 Å². The van der Waals surface area contributed by atoms with Gasteiger partial charge in [0, 0.05) is 17.9 Å². The van der Waals surface area contributed by atoms with Crippen LogP contribution in [-0.4, -0.2) is 58.4 Å². The molecule has 3 fully saturated rings. The van der Waals surface area contributed by atoms with Crippen molar-refractivity contribution in [1.29, 1.82) is 0 Å². The highest BCUT2D eigenvalue weighted by molar-refractivity contribution is 5.93. The van der Waals surface area contributed by atoms with Crippen molar-refractivity contribution in [2.24, 2.45) is 11.3 Å². The largest absolute Gasteiger partial charge is 0.380 e. The van der Waals surface area contributed by atoms with E-state index >= 15 is 0 Å². The van der Waals surface area contributed by atoms with E-state index in [0.29, 0.717) is 31.1 Å². The Bertz CT molecular complexity index is 1410. The fourth-order valence-corrected chi connectivity index (χ4v) is 6.28. The first-order chi connectivity index (χ1) is 19.3. The molecule has 0 radical (unpaired) electrons. The van der Waals surface area contributed by atoms with Crippen molar-refractivity contribution < 1.29 is 23.5 Å². The monoisotopic (exact) mass is 547 g/mol. The van der Waals surface area contributed by atoms with Crippen LogP contribution < -0.4 is 10.6 Å². The van der Waals surface area contributed by atoms with Crippen molar-refractivity contribution in [2.75, 3.05) is 19.8 Å². The Morgan fingerprint density at radius 2 is 1.90 bits per heavy atom. The summed E-state index contributed by atoms with van der Waals surface area (Å²) in [4.78, 5) is 49.4. The summed E-state index contributed by atoms with van der Waals surface area (Å²) in [6.45, 7) is 3.68. The number of aromatic nitrogens is 2. The highest BCUT2D eigenvalue weighted by Crippen LogP contribution is 2.50. The second kappa shape index (κ2) is 10.6. The zero-order chi connectivity index (χ0) is 27.9. The van der Waals surface area contributed by atoms with Gasteiger partial charge in [-0.2, -0.15) is 0 Å². The van der Waals surface area contributed by atoms with Crippen molar-refractivity contribution in [3.8, 4) is 0 Å². The quantitative estimate of drug-likeness (QED) is 0.399. The van der Waals surface area contributed by atoms with E-state index in [4.69, 9.17) is 4.74 Å². The molecule has 3 amide bonds. The minimum Gasteiger partial charge on any atom is -0.380 e. The Balaban J connectivity index is 1.17. The number of hydrogen-bond donors (Lipinski definition) is 3. The number of H-pyrrole nitrogens is 1. The number of rotatable bonds is 8. The number of fused-ring (bicyclic) bond motifs is 1. The number of benzene rings is 2. The maximum absolute atomic E-state index is 14.2. The van der Waals surface area contributed by atoms with Gasteiger partial charge in [0.15, 0.2) is 5.82 Å². The standard InChI is InChI=1S/C30H34FN5O4/c1-18(27-33-22-10-5-9-21(31)26(22)35-27)32-29(39)23(34-28(38)20-14-30(15-20)16-40-17-30)13-25(37)36-12-6-11-24(36)19-7-3-2-4-8-19/h2-5,7-10,18,20,23-24H,6,11-17H2,1H3,(H,32,39)(H,33,35)(H,34,38)/t18?,23?,24-/m0/s1. The molecule has 0 bridgehead atoms. The molecule has 3 aromatic rings. The predicted molar refractivity (Wildman–Crippen MR) is 145 cm³/mol. The van der Waals surface area contributed by atoms with Crippen LogP contribution in [0.4, 0.5) is 4.39 Å². The van der Waals surface area contributed by atoms with Gasteiger partial charge < -0.3 is 25.3 Å². The van der Waals surface area contributed by atoms with Gasteiger partial charge in [0.1, 0.15) is 17.4 Å². The number of nitrogens with zero attached hydrogens (tertiary/aromatic N) is 2. The number of carbonyl (C=O) groups is 3. The number of halogens is 1. The molecular formula is C30H34FN5O4. The smallest absolute Gasteiger partial charge is 0.243 e. The molecule has 3 N–H and O–H groups in total. The fourth-order valence-electron chi connectivity index (χ4n) is 6.28. The Morgan fingerprint density at radius 3 is 2.60 bits per heavy atom. The molecule has 1 spiro atoms. The van der Waals surface area contributed by atoms with Crippen molar-refractivity contribution in [3.63, 3.8) is 0 Å². The molecule has 6 rings (SSSR count). The van der Waals surface area contributed by atoms with Crippen molar-refractivity contribution >= 4 is 28.8 Å². The summed E-state index contributed by atoms with van der Waals surface area (Å²) >= 11 is 0. The molecule has 1 aromatic heterocycles. The topological polar surface area (TPSA) is 116 Å². The van der Waals surface area contributed by atoms with Crippen molar-refractivity contribution in [3.05, 3.63) is 65.7 Å². The minimum atomic E-state index is -1.05. The Morgan fingerprint density at radius 1 is 1.12 bits per heavy atom. The molecular weight excluding hydrogens is 513 g/mol. The summed E-state index contributed by atoms with van der Waals surface area (Å²) in [6.07, 6.45) is 3.03. The molecule has 9 nitrogen and oxygen atoms in total. The molecule has 2 aromatic carbocycles. The Labute approximate surface area is 231 Å². The lowest BCUT2D eigenvalue weighted by Crippen LogP contribution is -2.58. The van der Waals surface area contributed by atoms with E-state index in [1.54, 1.807) is 19.1 Å². The first-order valence-corrected chi connectivity index (χ1v) is 14.0. The third kappa shape index (κ3) is 5.08. The maximum atomic E-state index is 14.2. The van der Waals surface area contributed by atoms with Gasteiger partial charge >= 0.3 is 0 Å². The number of likely N-dealkylation sites (tertiary alicyclic amines) is 1. The van der Waals surface area contributed by atoms with E-state index in [1.807, 2.05) is 35.2 Å². The molecule has 2 unspecified atom stereocenters. The van der Waals surface area contributed by atoms with E-state index in [-0.39, 0.29) is 41.1 Å². The average molecular weight is 548 g/mol. The average Bonchev–Trinajstić information content (AvgIpc) is 3.56. The van der Waals surface area contributed by atoms with Gasteiger partial charge in [-0.25, -0.2) is 9.37 Å². The van der Waals surface area contributed by atoms with Crippen LogP contribution in [0.5, 0.6) is 0 Å². The van der Waals surface area contributed by atoms with E-state index in [2.05, 4.69) is 20.6 Å². The summed E-state index contributed by atoms with van der Waals surface area (Å²) < 4.78 is 19.5. The van der Waals surface area contributed by atoms with E-state index in [9.17, 15) is 18.8 Å². The fraction of sp³-hybridized carbons (Fsp3) is 0.467.